The molecule has 2 heterocycles. The van der Waals surface area contributed by atoms with Gasteiger partial charge in [-0.05, 0) is 38.1 Å². The lowest BCUT2D eigenvalue weighted by molar-refractivity contribution is 0.206. The molecule has 1 aliphatic rings. The van der Waals surface area contributed by atoms with E-state index in [1.807, 2.05) is 6.07 Å². The van der Waals surface area contributed by atoms with E-state index < -0.39 is 0 Å². The summed E-state index contributed by atoms with van der Waals surface area (Å²) < 4.78 is 0. The maximum absolute atomic E-state index is 5.70. The maximum atomic E-state index is 5.70. The van der Waals surface area contributed by atoms with Crippen molar-refractivity contribution in [3.63, 3.8) is 0 Å². The fraction of sp³-hybridized carbons (Fsp3) is 0.583. The Bertz CT molecular complexity index is 392. The number of hydrogen-bond donors (Lipinski definition) is 3. The van der Waals surface area contributed by atoms with Crippen molar-refractivity contribution in [2.24, 2.45) is 5.92 Å². The van der Waals surface area contributed by atoms with E-state index >= 15 is 0 Å². The molecule has 17 heavy (non-hydrogen) atoms. The molecule has 0 aromatic carbocycles. The van der Waals surface area contributed by atoms with Crippen molar-refractivity contribution in [3.05, 3.63) is 12.1 Å². The molecular formula is C12H21N5. The number of nitrogens with zero attached hydrogens (tertiary/aromatic N) is 2. The number of piperidine rings is 1. The molecule has 1 aromatic rings. The highest BCUT2D eigenvalue weighted by molar-refractivity contribution is 5.61. The summed E-state index contributed by atoms with van der Waals surface area (Å²) in [5.74, 6) is 1.82. The van der Waals surface area contributed by atoms with Gasteiger partial charge in [0.2, 0.25) is 0 Å². The van der Waals surface area contributed by atoms with Crippen LogP contribution in [0, 0.1) is 5.92 Å². The van der Waals surface area contributed by atoms with Crippen LogP contribution in [0.4, 0.5) is 17.3 Å². The standard InChI is InChI=1S/C12H21N5/c1-8-7-17(2)6-5-10(8)15-11-4-3-9(13)12(14)16-11/h3-4,8,10H,5-7,13H2,1-2H3,(H3,14,15,16). The van der Waals surface area contributed by atoms with Gasteiger partial charge in [-0.2, -0.15) is 0 Å². The fourth-order valence-corrected chi connectivity index (χ4v) is 2.32. The minimum atomic E-state index is 0.399. The van der Waals surface area contributed by atoms with Crippen LogP contribution >= 0.6 is 0 Å². The lowest BCUT2D eigenvalue weighted by atomic mass is 9.94. The number of pyridine rings is 1. The Balaban J connectivity index is 2.02. The summed E-state index contributed by atoms with van der Waals surface area (Å²) in [6.07, 6.45) is 1.13. The molecule has 5 heteroatoms. The van der Waals surface area contributed by atoms with E-state index in [4.69, 9.17) is 11.5 Å². The van der Waals surface area contributed by atoms with Gasteiger partial charge in [0.25, 0.3) is 0 Å². The number of anilines is 3. The molecule has 1 aromatic heterocycles. The Morgan fingerprint density at radius 2 is 2.18 bits per heavy atom. The molecular weight excluding hydrogens is 214 g/mol. The van der Waals surface area contributed by atoms with Gasteiger partial charge in [-0.15, -0.1) is 0 Å². The molecule has 2 rings (SSSR count). The summed E-state index contributed by atoms with van der Waals surface area (Å²) >= 11 is 0. The van der Waals surface area contributed by atoms with Crippen LogP contribution in [0.15, 0.2) is 12.1 Å². The van der Waals surface area contributed by atoms with Crippen LogP contribution in [0.1, 0.15) is 13.3 Å². The van der Waals surface area contributed by atoms with E-state index in [1.54, 1.807) is 6.07 Å². The minimum absolute atomic E-state index is 0.399. The quantitative estimate of drug-likeness (QED) is 0.712. The number of rotatable bonds is 2. The van der Waals surface area contributed by atoms with Gasteiger partial charge in [0.05, 0.1) is 5.69 Å². The van der Waals surface area contributed by atoms with Crippen LogP contribution in [-0.2, 0) is 0 Å². The van der Waals surface area contributed by atoms with Gasteiger partial charge in [0.15, 0.2) is 0 Å². The van der Waals surface area contributed by atoms with E-state index in [2.05, 4.69) is 29.2 Å². The van der Waals surface area contributed by atoms with Crippen molar-refractivity contribution in [3.8, 4) is 0 Å². The molecule has 0 aliphatic carbocycles. The van der Waals surface area contributed by atoms with Crippen molar-refractivity contribution in [1.82, 2.24) is 9.88 Å². The molecule has 5 N–H and O–H groups in total. The lowest BCUT2D eigenvalue weighted by Crippen LogP contribution is -2.43. The zero-order valence-electron chi connectivity index (χ0n) is 10.5. The Hall–Kier alpha value is -1.49. The number of nitrogens with one attached hydrogen (secondary N) is 1. The van der Waals surface area contributed by atoms with Crippen molar-refractivity contribution in [1.29, 1.82) is 0 Å². The predicted octanol–water partition coefficient (Wildman–Crippen LogP) is 0.998. The first-order chi connectivity index (χ1) is 8.06. The van der Waals surface area contributed by atoms with Gasteiger partial charge in [-0.3, -0.25) is 0 Å². The van der Waals surface area contributed by atoms with Gasteiger partial charge in [-0.25, -0.2) is 4.98 Å². The molecule has 0 saturated carbocycles. The zero-order valence-corrected chi connectivity index (χ0v) is 10.5. The first-order valence-corrected chi connectivity index (χ1v) is 6.03. The Labute approximate surface area is 102 Å². The van der Waals surface area contributed by atoms with Crippen molar-refractivity contribution in [2.75, 3.05) is 36.9 Å². The number of likely N-dealkylation sites (tertiary alicyclic amines) is 1. The summed E-state index contributed by atoms with van der Waals surface area (Å²) in [5.41, 5.74) is 11.9. The third kappa shape index (κ3) is 2.79. The van der Waals surface area contributed by atoms with E-state index in [1.165, 1.54) is 0 Å². The number of hydrogen-bond acceptors (Lipinski definition) is 5. The third-order valence-corrected chi connectivity index (χ3v) is 3.40. The second-order valence-corrected chi connectivity index (χ2v) is 4.95. The second-order valence-electron chi connectivity index (χ2n) is 4.95. The molecule has 0 radical (unpaired) electrons. The van der Waals surface area contributed by atoms with Crippen LogP contribution in [0.2, 0.25) is 0 Å². The van der Waals surface area contributed by atoms with Crippen LogP contribution in [-0.4, -0.2) is 36.1 Å². The maximum Gasteiger partial charge on any atom is 0.149 e. The average Bonchev–Trinajstić information content (AvgIpc) is 2.27. The highest BCUT2D eigenvalue weighted by Gasteiger charge is 2.24. The summed E-state index contributed by atoms with van der Waals surface area (Å²) in [7, 11) is 2.16. The van der Waals surface area contributed by atoms with E-state index in [0.717, 1.165) is 25.3 Å². The molecule has 0 spiro atoms. The molecule has 2 atom stereocenters. The van der Waals surface area contributed by atoms with Gasteiger partial charge in [-0.1, -0.05) is 6.92 Å². The summed E-state index contributed by atoms with van der Waals surface area (Å²) in [5, 5.41) is 3.45. The first-order valence-electron chi connectivity index (χ1n) is 6.03. The highest BCUT2D eigenvalue weighted by atomic mass is 15.1. The molecule has 0 bridgehead atoms. The highest BCUT2D eigenvalue weighted by Crippen LogP contribution is 2.21. The Morgan fingerprint density at radius 3 is 2.82 bits per heavy atom. The fourth-order valence-electron chi connectivity index (χ4n) is 2.32. The van der Waals surface area contributed by atoms with Gasteiger partial charge in [0.1, 0.15) is 11.6 Å². The molecule has 1 aliphatic heterocycles. The number of nitrogen functional groups attached to an aromatic ring is 2. The lowest BCUT2D eigenvalue weighted by Gasteiger charge is -2.35. The minimum Gasteiger partial charge on any atom is -0.396 e. The second kappa shape index (κ2) is 4.79. The van der Waals surface area contributed by atoms with E-state index in [9.17, 15) is 0 Å². The molecule has 94 valence electrons. The van der Waals surface area contributed by atoms with Gasteiger partial charge >= 0.3 is 0 Å². The molecule has 0 amide bonds. The molecule has 1 saturated heterocycles. The van der Waals surface area contributed by atoms with Crippen molar-refractivity contribution in [2.45, 2.75) is 19.4 Å². The Kier molecular flexibility index (Phi) is 3.38. The number of nitrogens with two attached hydrogens (primary N) is 2. The van der Waals surface area contributed by atoms with E-state index in [0.29, 0.717) is 23.5 Å². The summed E-state index contributed by atoms with van der Waals surface area (Å²) in [6.45, 7) is 4.49. The average molecular weight is 235 g/mol. The van der Waals surface area contributed by atoms with E-state index in [-0.39, 0.29) is 0 Å². The Morgan fingerprint density at radius 1 is 1.41 bits per heavy atom. The van der Waals surface area contributed by atoms with Gasteiger partial charge in [0, 0.05) is 12.6 Å². The molecule has 2 unspecified atom stereocenters. The van der Waals surface area contributed by atoms with Crippen molar-refractivity contribution < 1.29 is 0 Å². The molecule has 5 nitrogen and oxygen atoms in total. The van der Waals surface area contributed by atoms with Gasteiger partial charge < -0.3 is 21.7 Å². The van der Waals surface area contributed by atoms with Crippen LogP contribution < -0.4 is 16.8 Å². The third-order valence-electron chi connectivity index (χ3n) is 3.40. The van der Waals surface area contributed by atoms with Crippen molar-refractivity contribution >= 4 is 17.3 Å². The first kappa shape index (κ1) is 12.0. The predicted molar refractivity (Wildman–Crippen MR) is 71.8 cm³/mol. The van der Waals surface area contributed by atoms with Crippen LogP contribution in [0.25, 0.3) is 0 Å². The SMILES string of the molecule is CC1CN(C)CCC1Nc1ccc(N)c(N)n1. The smallest absolute Gasteiger partial charge is 0.149 e. The monoisotopic (exact) mass is 235 g/mol. The summed E-state index contributed by atoms with van der Waals surface area (Å²) in [6, 6.07) is 4.14. The number of aromatic nitrogens is 1. The van der Waals surface area contributed by atoms with Crippen LogP contribution in [0.3, 0.4) is 0 Å². The largest absolute Gasteiger partial charge is 0.396 e. The summed E-state index contributed by atoms with van der Waals surface area (Å²) in [4.78, 5) is 6.60. The van der Waals surface area contributed by atoms with Crippen LogP contribution in [0.5, 0.6) is 0 Å². The zero-order chi connectivity index (χ0) is 12.4. The topological polar surface area (TPSA) is 80.2 Å². The molecule has 1 fully saturated rings. The normalized spacial score (nSPS) is 25.8.